The second-order valence-electron chi connectivity index (χ2n) is 6.48. The van der Waals surface area contributed by atoms with E-state index in [-0.39, 0.29) is 17.2 Å². The molecule has 23 heavy (non-hydrogen) atoms. The number of benzene rings is 1. The zero-order chi connectivity index (χ0) is 16.3. The van der Waals surface area contributed by atoms with Gasteiger partial charge in [0.1, 0.15) is 0 Å². The second kappa shape index (κ2) is 6.81. The molecule has 1 aliphatic heterocycles. The van der Waals surface area contributed by atoms with Gasteiger partial charge in [0.15, 0.2) is 5.78 Å². The Morgan fingerprint density at radius 3 is 2.78 bits per heavy atom. The topological polar surface area (TPSA) is 44.1 Å². The van der Waals surface area contributed by atoms with Crippen molar-refractivity contribution < 1.29 is 4.79 Å². The standard InChI is InChI=1S/C19H20ClN2O/c1-19(11-14-3-2-9-21-13-14)12-16(8-10-22-19)18(23)15-4-6-17(20)7-5-15/h2-7,9,13,16H,8,10-12H2,1H3. The molecule has 1 radical (unpaired) electrons. The highest BCUT2D eigenvalue weighted by Gasteiger charge is 2.36. The van der Waals surface area contributed by atoms with Crippen LogP contribution in [0.4, 0.5) is 0 Å². The first-order valence-corrected chi connectivity index (χ1v) is 8.31. The molecule has 0 spiro atoms. The number of nitrogens with zero attached hydrogens (tertiary/aromatic N) is 2. The fourth-order valence-electron chi connectivity index (χ4n) is 3.33. The molecule has 3 rings (SSSR count). The van der Waals surface area contributed by atoms with Crippen LogP contribution in [0.1, 0.15) is 35.7 Å². The number of Topliss-reactive ketones (excluding diaryl/α,β-unsaturated/α-hetero) is 1. The van der Waals surface area contributed by atoms with Crippen molar-refractivity contribution in [3.8, 4) is 0 Å². The van der Waals surface area contributed by atoms with Gasteiger partial charge in [0.25, 0.3) is 0 Å². The Kier molecular flexibility index (Phi) is 4.79. The zero-order valence-corrected chi connectivity index (χ0v) is 14.0. The van der Waals surface area contributed by atoms with Crippen molar-refractivity contribution in [2.45, 2.75) is 31.7 Å². The smallest absolute Gasteiger partial charge is 0.166 e. The summed E-state index contributed by atoms with van der Waals surface area (Å²) >= 11 is 5.91. The summed E-state index contributed by atoms with van der Waals surface area (Å²) in [5, 5.41) is 5.45. The number of halogens is 1. The van der Waals surface area contributed by atoms with E-state index >= 15 is 0 Å². The van der Waals surface area contributed by atoms with Crippen molar-refractivity contribution in [1.29, 1.82) is 0 Å². The zero-order valence-electron chi connectivity index (χ0n) is 13.2. The predicted molar refractivity (Wildman–Crippen MR) is 91.9 cm³/mol. The van der Waals surface area contributed by atoms with Gasteiger partial charge in [-0.05, 0) is 62.1 Å². The number of carbonyl (C=O) groups excluding carboxylic acids is 1. The molecule has 0 bridgehead atoms. The molecule has 0 aliphatic carbocycles. The summed E-state index contributed by atoms with van der Waals surface area (Å²) in [6.45, 7) is 2.88. The largest absolute Gasteiger partial charge is 0.294 e. The minimum absolute atomic E-state index is 0.0235. The highest BCUT2D eigenvalue weighted by atomic mass is 35.5. The molecular weight excluding hydrogens is 308 g/mol. The van der Waals surface area contributed by atoms with Crippen molar-refractivity contribution in [2.24, 2.45) is 5.92 Å². The molecular formula is C19H20ClN2O. The number of aromatic nitrogens is 1. The molecule has 2 aromatic rings. The highest BCUT2D eigenvalue weighted by Crippen LogP contribution is 2.31. The molecule has 0 amide bonds. The summed E-state index contributed by atoms with van der Waals surface area (Å²) in [6.07, 6.45) is 6.08. The number of carbonyl (C=O) groups is 1. The van der Waals surface area contributed by atoms with Crippen LogP contribution in [0.15, 0.2) is 48.8 Å². The van der Waals surface area contributed by atoms with Gasteiger partial charge >= 0.3 is 0 Å². The van der Waals surface area contributed by atoms with Gasteiger partial charge in [-0.3, -0.25) is 9.78 Å². The van der Waals surface area contributed by atoms with Gasteiger partial charge in [-0.1, -0.05) is 17.7 Å². The van der Waals surface area contributed by atoms with Gasteiger partial charge in [-0.2, -0.15) is 0 Å². The number of piperidine rings is 1. The van der Waals surface area contributed by atoms with Crippen LogP contribution in [-0.2, 0) is 6.42 Å². The summed E-state index contributed by atoms with van der Waals surface area (Å²) in [4.78, 5) is 16.9. The van der Waals surface area contributed by atoms with Gasteiger partial charge in [-0.15, -0.1) is 0 Å². The van der Waals surface area contributed by atoms with Crippen molar-refractivity contribution in [1.82, 2.24) is 10.3 Å². The fourth-order valence-corrected chi connectivity index (χ4v) is 3.46. The van der Waals surface area contributed by atoms with Gasteiger partial charge < -0.3 is 0 Å². The number of pyridine rings is 1. The lowest BCUT2D eigenvalue weighted by molar-refractivity contribution is 0.0837. The van der Waals surface area contributed by atoms with E-state index in [1.807, 2.05) is 24.4 Å². The summed E-state index contributed by atoms with van der Waals surface area (Å²) in [5.74, 6) is 0.226. The third-order valence-corrected chi connectivity index (χ3v) is 4.72. The van der Waals surface area contributed by atoms with Crippen molar-refractivity contribution in [3.63, 3.8) is 0 Å². The van der Waals surface area contributed by atoms with Crippen LogP contribution < -0.4 is 5.32 Å². The Morgan fingerprint density at radius 1 is 1.30 bits per heavy atom. The van der Waals surface area contributed by atoms with E-state index < -0.39 is 0 Å². The van der Waals surface area contributed by atoms with E-state index in [1.54, 1.807) is 18.3 Å². The van der Waals surface area contributed by atoms with E-state index in [9.17, 15) is 4.79 Å². The molecule has 4 heteroatoms. The average Bonchev–Trinajstić information content (AvgIpc) is 2.55. The molecule has 3 nitrogen and oxygen atoms in total. The lowest BCUT2D eigenvalue weighted by atomic mass is 9.77. The first-order chi connectivity index (χ1) is 11.1. The maximum atomic E-state index is 12.8. The minimum atomic E-state index is -0.200. The van der Waals surface area contributed by atoms with Gasteiger partial charge in [0.2, 0.25) is 0 Å². The van der Waals surface area contributed by atoms with Crippen molar-refractivity contribution in [2.75, 3.05) is 6.54 Å². The molecule has 1 fully saturated rings. The molecule has 1 saturated heterocycles. The molecule has 2 atom stereocenters. The molecule has 2 unspecified atom stereocenters. The van der Waals surface area contributed by atoms with Crippen LogP contribution in [0.5, 0.6) is 0 Å². The number of hydrogen-bond acceptors (Lipinski definition) is 2. The molecule has 1 aliphatic rings. The summed E-state index contributed by atoms with van der Waals surface area (Å²) in [5.41, 5.74) is 1.71. The van der Waals surface area contributed by atoms with Crippen molar-refractivity contribution >= 4 is 17.4 Å². The third kappa shape index (κ3) is 3.98. The summed E-state index contributed by atoms with van der Waals surface area (Å²) < 4.78 is 0. The Labute approximate surface area is 142 Å². The van der Waals surface area contributed by atoms with Crippen LogP contribution in [0, 0.1) is 5.92 Å². The van der Waals surface area contributed by atoms with Crippen LogP contribution in [0.25, 0.3) is 0 Å². The van der Waals surface area contributed by atoms with Crippen LogP contribution >= 0.6 is 11.6 Å². The average molecular weight is 328 g/mol. The Balaban J connectivity index is 1.72. The molecule has 2 heterocycles. The monoisotopic (exact) mass is 327 g/mol. The quantitative estimate of drug-likeness (QED) is 0.798. The van der Waals surface area contributed by atoms with Crippen LogP contribution in [0.3, 0.4) is 0 Å². The van der Waals surface area contributed by atoms with Crippen LogP contribution in [-0.4, -0.2) is 22.9 Å². The summed E-state index contributed by atoms with van der Waals surface area (Å²) in [7, 11) is 0. The van der Waals surface area contributed by atoms with E-state index in [0.29, 0.717) is 5.02 Å². The van der Waals surface area contributed by atoms with E-state index in [4.69, 9.17) is 16.9 Å². The first-order valence-electron chi connectivity index (χ1n) is 7.93. The van der Waals surface area contributed by atoms with E-state index in [0.717, 1.165) is 31.4 Å². The molecule has 1 aromatic heterocycles. The molecule has 0 N–H and O–H groups in total. The Hall–Kier alpha value is -1.71. The maximum absolute atomic E-state index is 12.8. The van der Waals surface area contributed by atoms with Gasteiger partial charge in [0, 0.05) is 41.0 Å². The number of hydrogen-bond donors (Lipinski definition) is 0. The van der Waals surface area contributed by atoms with Gasteiger partial charge in [0.05, 0.1) is 0 Å². The highest BCUT2D eigenvalue weighted by molar-refractivity contribution is 6.30. The minimum Gasteiger partial charge on any atom is -0.294 e. The predicted octanol–water partition coefficient (Wildman–Crippen LogP) is 3.93. The Morgan fingerprint density at radius 2 is 2.09 bits per heavy atom. The molecule has 119 valence electrons. The van der Waals surface area contributed by atoms with E-state index in [2.05, 4.69) is 18.0 Å². The van der Waals surface area contributed by atoms with Gasteiger partial charge in [-0.25, -0.2) is 5.32 Å². The lowest BCUT2D eigenvalue weighted by Gasteiger charge is -2.37. The SMILES string of the molecule is CC1(Cc2cccnc2)CC(C(=O)c2ccc(Cl)cc2)CC[N]1. The number of rotatable bonds is 4. The first kappa shape index (κ1) is 16.2. The third-order valence-electron chi connectivity index (χ3n) is 4.46. The molecule has 1 aromatic carbocycles. The Bertz CT molecular complexity index is 672. The summed E-state index contributed by atoms with van der Waals surface area (Å²) in [6, 6.07) is 11.2. The maximum Gasteiger partial charge on any atom is 0.166 e. The number of ketones is 1. The normalized spacial score (nSPS) is 24.3. The van der Waals surface area contributed by atoms with Crippen LogP contribution in [0.2, 0.25) is 5.02 Å². The molecule has 0 saturated carbocycles. The second-order valence-corrected chi connectivity index (χ2v) is 6.91. The van der Waals surface area contributed by atoms with Crippen molar-refractivity contribution in [3.05, 3.63) is 64.9 Å². The van der Waals surface area contributed by atoms with E-state index in [1.165, 1.54) is 5.56 Å². The lowest BCUT2D eigenvalue weighted by Crippen LogP contribution is -2.47. The fraction of sp³-hybridized carbons (Fsp3) is 0.368.